The molecule has 0 radical (unpaired) electrons. The second-order valence-electron chi connectivity index (χ2n) is 15.2. The summed E-state index contributed by atoms with van der Waals surface area (Å²) in [5.41, 5.74) is 14.8. The van der Waals surface area contributed by atoms with Crippen molar-refractivity contribution in [3.63, 3.8) is 0 Å². The predicted octanol–water partition coefficient (Wildman–Crippen LogP) is 15.3. The van der Waals surface area contributed by atoms with Crippen LogP contribution in [0.2, 0.25) is 0 Å². The third-order valence-electron chi connectivity index (χ3n) is 12.1. The number of nitrogens with zero attached hydrogens (tertiary/aromatic N) is 1. The largest absolute Gasteiger partial charge is 0.457 e. The first-order valence-electron chi connectivity index (χ1n) is 19.8. The Balaban J connectivity index is 1.16. The molecule has 0 saturated heterocycles. The van der Waals surface area contributed by atoms with Crippen LogP contribution in [0.1, 0.15) is 22.3 Å². The minimum atomic E-state index is -0.612. The zero-order valence-corrected chi connectivity index (χ0v) is 32.3. The third-order valence-corrected chi connectivity index (χ3v) is 13.3. The van der Waals surface area contributed by atoms with Crippen molar-refractivity contribution in [2.45, 2.75) is 5.41 Å². The molecule has 9 aromatic carbocycles. The Morgan fingerprint density at radius 2 is 0.983 bits per heavy atom. The fourth-order valence-corrected chi connectivity index (χ4v) is 10.7. The van der Waals surface area contributed by atoms with Gasteiger partial charge in [-0.3, -0.25) is 0 Å². The summed E-state index contributed by atoms with van der Waals surface area (Å²) >= 11 is 1.85. The topological polar surface area (TPSA) is 12.5 Å². The molecule has 10 aromatic rings. The molecule has 12 rings (SSSR count). The van der Waals surface area contributed by atoms with Gasteiger partial charge in [-0.15, -0.1) is 11.3 Å². The van der Waals surface area contributed by atoms with E-state index in [9.17, 15) is 0 Å². The number of benzene rings is 9. The van der Waals surface area contributed by atoms with Crippen LogP contribution in [0.25, 0.3) is 53.6 Å². The van der Waals surface area contributed by atoms with Gasteiger partial charge < -0.3 is 9.64 Å². The molecule has 272 valence electrons. The lowest BCUT2D eigenvalue weighted by Gasteiger charge is -2.39. The first-order valence-corrected chi connectivity index (χ1v) is 20.6. The average molecular weight is 758 g/mol. The van der Waals surface area contributed by atoms with Crippen LogP contribution in [0.5, 0.6) is 11.5 Å². The molecule has 0 N–H and O–H groups in total. The molecule has 1 spiro atoms. The lowest BCUT2D eigenvalue weighted by Crippen LogP contribution is -2.32. The molecule has 0 saturated carbocycles. The number of rotatable bonds is 5. The molecule has 0 amide bonds. The minimum Gasteiger partial charge on any atom is -0.457 e. The number of ether oxygens (including phenoxy) is 1. The maximum atomic E-state index is 6.73. The highest BCUT2D eigenvalue weighted by Crippen LogP contribution is 2.63. The number of anilines is 3. The Bertz CT molecular complexity index is 3170. The van der Waals surface area contributed by atoms with E-state index in [0.29, 0.717) is 0 Å². The van der Waals surface area contributed by atoms with Gasteiger partial charge in [0, 0.05) is 48.2 Å². The fourth-order valence-electron chi connectivity index (χ4n) is 9.65. The number of thiophene rings is 1. The summed E-state index contributed by atoms with van der Waals surface area (Å²) in [6.07, 6.45) is 0. The van der Waals surface area contributed by atoms with Crippen LogP contribution in [0.15, 0.2) is 212 Å². The fraction of sp³-hybridized carbons (Fsp3) is 0.0182. The summed E-state index contributed by atoms with van der Waals surface area (Å²) < 4.78 is 9.31. The van der Waals surface area contributed by atoms with Crippen LogP contribution in [-0.2, 0) is 5.41 Å². The first kappa shape index (κ1) is 33.0. The Kier molecular flexibility index (Phi) is 7.35. The van der Waals surface area contributed by atoms with Gasteiger partial charge in [-0.2, -0.15) is 0 Å². The van der Waals surface area contributed by atoms with Gasteiger partial charge in [-0.05, 0) is 99.6 Å². The highest BCUT2D eigenvalue weighted by molar-refractivity contribution is 7.25. The van der Waals surface area contributed by atoms with Crippen LogP contribution >= 0.6 is 11.3 Å². The van der Waals surface area contributed by atoms with Crippen molar-refractivity contribution in [1.29, 1.82) is 0 Å². The van der Waals surface area contributed by atoms with E-state index in [-0.39, 0.29) is 0 Å². The van der Waals surface area contributed by atoms with E-state index in [1.54, 1.807) is 0 Å². The minimum absolute atomic E-state index is 0.612. The molecule has 2 nitrogen and oxygen atoms in total. The summed E-state index contributed by atoms with van der Waals surface area (Å²) in [6, 6.07) is 77.5. The Hall–Kier alpha value is -7.20. The average Bonchev–Trinajstić information content (AvgIpc) is 3.80. The van der Waals surface area contributed by atoms with E-state index in [2.05, 4.69) is 217 Å². The van der Waals surface area contributed by atoms with Crippen LogP contribution in [-0.4, -0.2) is 0 Å². The standard InChI is InChI=1S/C55H35NOS/c1-3-15-36(16-4-1)38-27-31-46-44(33-38)42-30-28-40(35-49(42)55(46)47-21-9-12-24-51(47)57-52-25-13-10-22-48(52)55)56(50-23-11-7-19-41(50)37-17-5-2-6-18-37)39-29-32-54-45(34-39)43-20-8-14-26-53(43)58-54/h1-35H. The van der Waals surface area contributed by atoms with Gasteiger partial charge >= 0.3 is 0 Å². The van der Waals surface area contributed by atoms with Gasteiger partial charge in [0.05, 0.1) is 11.1 Å². The van der Waals surface area contributed by atoms with Crippen LogP contribution in [0.3, 0.4) is 0 Å². The Morgan fingerprint density at radius 1 is 0.362 bits per heavy atom. The van der Waals surface area contributed by atoms with E-state index in [4.69, 9.17) is 4.74 Å². The smallest absolute Gasteiger partial charge is 0.132 e. The molecule has 1 aliphatic heterocycles. The van der Waals surface area contributed by atoms with Gasteiger partial charge in [0.2, 0.25) is 0 Å². The molecule has 2 heterocycles. The summed E-state index contributed by atoms with van der Waals surface area (Å²) in [6.45, 7) is 0. The zero-order valence-electron chi connectivity index (χ0n) is 31.5. The van der Waals surface area contributed by atoms with E-state index in [1.807, 2.05) is 11.3 Å². The maximum absolute atomic E-state index is 6.73. The van der Waals surface area contributed by atoms with Crippen LogP contribution < -0.4 is 9.64 Å². The monoisotopic (exact) mass is 757 g/mol. The molecule has 58 heavy (non-hydrogen) atoms. The molecular formula is C55H35NOS. The predicted molar refractivity (Wildman–Crippen MR) is 242 cm³/mol. The molecular weight excluding hydrogens is 723 g/mol. The highest BCUT2D eigenvalue weighted by Gasteiger charge is 2.51. The molecule has 0 atom stereocenters. The Labute approximate surface area is 341 Å². The van der Waals surface area contributed by atoms with Crippen molar-refractivity contribution in [2.24, 2.45) is 0 Å². The lowest BCUT2D eigenvalue weighted by atomic mass is 9.66. The van der Waals surface area contributed by atoms with Crippen LogP contribution in [0, 0.1) is 0 Å². The summed E-state index contributed by atoms with van der Waals surface area (Å²) in [7, 11) is 0. The first-order chi connectivity index (χ1) is 28.8. The molecule has 0 bridgehead atoms. The number of hydrogen-bond acceptors (Lipinski definition) is 3. The van der Waals surface area contributed by atoms with Crippen molar-refractivity contribution in [3.05, 3.63) is 235 Å². The summed E-state index contributed by atoms with van der Waals surface area (Å²) in [4.78, 5) is 2.47. The van der Waals surface area contributed by atoms with E-state index < -0.39 is 5.41 Å². The van der Waals surface area contributed by atoms with E-state index in [1.165, 1.54) is 64.7 Å². The number of para-hydroxylation sites is 3. The maximum Gasteiger partial charge on any atom is 0.132 e. The lowest BCUT2D eigenvalue weighted by molar-refractivity contribution is 0.436. The highest BCUT2D eigenvalue weighted by atomic mass is 32.1. The van der Waals surface area contributed by atoms with Crippen molar-refractivity contribution in [2.75, 3.05) is 4.90 Å². The van der Waals surface area contributed by atoms with Crippen molar-refractivity contribution in [3.8, 4) is 44.9 Å². The Morgan fingerprint density at radius 3 is 1.78 bits per heavy atom. The van der Waals surface area contributed by atoms with E-state index in [0.717, 1.165) is 39.7 Å². The molecule has 0 unspecified atom stereocenters. The van der Waals surface area contributed by atoms with Crippen molar-refractivity contribution in [1.82, 2.24) is 0 Å². The SMILES string of the molecule is c1ccc(-c2ccc3c(c2)-c2ccc(N(c4ccc5sc6ccccc6c5c4)c4ccccc4-c4ccccc4)cc2C32c3ccccc3Oc3ccccc32)cc1. The molecule has 1 aliphatic carbocycles. The van der Waals surface area contributed by atoms with Crippen LogP contribution in [0.4, 0.5) is 17.1 Å². The van der Waals surface area contributed by atoms with Gasteiger partial charge in [0.25, 0.3) is 0 Å². The van der Waals surface area contributed by atoms with Crippen molar-refractivity contribution >= 4 is 48.6 Å². The zero-order chi connectivity index (χ0) is 38.2. The number of fused-ring (bicyclic) bond motifs is 12. The van der Waals surface area contributed by atoms with Gasteiger partial charge in [-0.25, -0.2) is 0 Å². The van der Waals surface area contributed by atoms with Gasteiger partial charge in [0.1, 0.15) is 11.5 Å². The molecule has 3 heteroatoms. The second kappa shape index (κ2) is 12.9. The molecule has 1 aromatic heterocycles. The molecule has 0 fully saturated rings. The second-order valence-corrected chi connectivity index (χ2v) is 16.3. The number of hydrogen-bond donors (Lipinski definition) is 0. The third kappa shape index (κ3) is 4.84. The quantitative estimate of drug-likeness (QED) is 0.173. The normalized spacial score (nSPS) is 13.1. The van der Waals surface area contributed by atoms with Gasteiger partial charge in [-0.1, -0.05) is 152 Å². The molecule has 2 aliphatic rings. The summed E-state index contributed by atoms with van der Waals surface area (Å²) in [5.74, 6) is 1.78. The van der Waals surface area contributed by atoms with Gasteiger partial charge in [0.15, 0.2) is 0 Å². The van der Waals surface area contributed by atoms with Crippen molar-refractivity contribution < 1.29 is 4.74 Å². The van der Waals surface area contributed by atoms with E-state index >= 15 is 0 Å². The summed E-state index contributed by atoms with van der Waals surface area (Å²) in [5, 5.41) is 2.56.